The summed E-state index contributed by atoms with van der Waals surface area (Å²) in [5.41, 5.74) is 5.87. The van der Waals surface area contributed by atoms with Crippen molar-refractivity contribution in [2.45, 2.75) is 12.8 Å². The van der Waals surface area contributed by atoms with E-state index in [1.54, 1.807) is 6.20 Å². The summed E-state index contributed by atoms with van der Waals surface area (Å²) in [6.07, 6.45) is 3.50. The number of carbonyl (C=O) groups is 1. The molecule has 1 saturated heterocycles. The summed E-state index contributed by atoms with van der Waals surface area (Å²) in [5.74, 6) is 1.48. The number of pyridine rings is 1. The van der Waals surface area contributed by atoms with Gasteiger partial charge in [-0.05, 0) is 49.5 Å². The van der Waals surface area contributed by atoms with Crippen molar-refractivity contribution in [2.75, 3.05) is 32.0 Å². The number of benzene rings is 1. The fourth-order valence-corrected chi connectivity index (χ4v) is 2.83. The van der Waals surface area contributed by atoms with E-state index in [9.17, 15) is 4.79 Å². The molecule has 122 valence electrons. The number of hydrogen-bond donors (Lipinski definition) is 3. The Hall–Kier alpha value is -2.34. The van der Waals surface area contributed by atoms with E-state index in [4.69, 9.17) is 10.5 Å². The second-order valence-electron chi connectivity index (χ2n) is 5.74. The van der Waals surface area contributed by atoms with Crippen molar-refractivity contribution in [3.63, 3.8) is 0 Å². The number of nitrogens with zero attached hydrogens (tertiary/aromatic N) is 1. The molecular formula is C17H22N4O2. The van der Waals surface area contributed by atoms with Gasteiger partial charge in [0.2, 0.25) is 5.91 Å². The molecule has 1 aliphatic heterocycles. The molecule has 2 heterocycles. The quantitative estimate of drug-likeness (QED) is 0.724. The van der Waals surface area contributed by atoms with Gasteiger partial charge in [-0.15, -0.1) is 0 Å². The highest BCUT2D eigenvalue weighted by atomic mass is 16.5. The number of anilines is 1. The number of carbonyl (C=O) groups excluding carboxylic acids is 1. The van der Waals surface area contributed by atoms with Gasteiger partial charge in [-0.2, -0.15) is 0 Å². The molecule has 1 fully saturated rings. The molecule has 0 unspecified atom stereocenters. The van der Waals surface area contributed by atoms with Crippen LogP contribution in [-0.4, -0.2) is 37.1 Å². The van der Waals surface area contributed by atoms with Crippen LogP contribution >= 0.6 is 0 Å². The van der Waals surface area contributed by atoms with E-state index in [0.717, 1.165) is 42.5 Å². The zero-order valence-electron chi connectivity index (χ0n) is 13.0. The van der Waals surface area contributed by atoms with Gasteiger partial charge in [0.15, 0.2) is 0 Å². The molecule has 0 saturated carbocycles. The van der Waals surface area contributed by atoms with Crippen LogP contribution in [0.3, 0.4) is 0 Å². The maximum Gasteiger partial charge on any atom is 0.223 e. The molecule has 3 rings (SSSR count). The summed E-state index contributed by atoms with van der Waals surface area (Å²) in [6.45, 7) is 2.77. The maximum absolute atomic E-state index is 12.0. The summed E-state index contributed by atoms with van der Waals surface area (Å²) < 4.78 is 5.70. The predicted octanol–water partition coefficient (Wildman–Crippen LogP) is 1.31. The average Bonchev–Trinajstić information content (AvgIpc) is 2.60. The molecule has 2 aromatic rings. The molecule has 6 nitrogen and oxygen atoms in total. The van der Waals surface area contributed by atoms with Gasteiger partial charge < -0.3 is 21.1 Å². The van der Waals surface area contributed by atoms with Crippen molar-refractivity contribution in [3.05, 3.63) is 30.5 Å². The molecule has 1 aromatic heterocycles. The number of rotatable bonds is 5. The van der Waals surface area contributed by atoms with Crippen molar-refractivity contribution in [3.8, 4) is 5.75 Å². The van der Waals surface area contributed by atoms with E-state index in [1.807, 2.05) is 24.3 Å². The highest BCUT2D eigenvalue weighted by Gasteiger charge is 2.20. The van der Waals surface area contributed by atoms with E-state index < -0.39 is 0 Å². The van der Waals surface area contributed by atoms with Gasteiger partial charge >= 0.3 is 0 Å². The van der Waals surface area contributed by atoms with Crippen LogP contribution in [0, 0.1) is 5.92 Å². The van der Waals surface area contributed by atoms with Crippen molar-refractivity contribution < 1.29 is 9.53 Å². The number of nitrogens with two attached hydrogens (primary N) is 1. The number of hydrogen-bond acceptors (Lipinski definition) is 5. The SMILES string of the molecule is Nc1nccc2ccc(OCCNC(=O)C3CCNCC3)cc12. The maximum atomic E-state index is 12.0. The first-order valence-corrected chi connectivity index (χ1v) is 7.99. The molecule has 0 radical (unpaired) electrons. The van der Waals surface area contributed by atoms with Crippen LogP contribution in [0.1, 0.15) is 12.8 Å². The lowest BCUT2D eigenvalue weighted by molar-refractivity contribution is -0.125. The number of nitrogen functional groups attached to an aromatic ring is 1. The van der Waals surface area contributed by atoms with Gasteiger partial charge in [-0.1, -0.05) is 6.07 Å². The number of ether oxygens (including phenoxy) is 1. The zero-order valence-corrected chi connectivity index (χ0v) is 13.0. The topological polar surface area (TPSA) is 89.3 Å². The van der Waals surface area contributed by atoms with Crippen LogP contribution < -0.4 is 21.1 Å². The van der Waals surface area contributed by atoms with Gasteiger partial charge in [-0.25, -0.2) is 4.98 Å². The molecule has 1 aromatic carbocycles. The first kappa shape index (κ1) is 15.6. The summed E-state index contributed by atoms with van der Waals surface area (Å²) >= 11 is 0. The van der Waals surface area contributed by atoms with Gasteiger partial charge in [0, 0.05) is 17.5 Å². The van der Waals surface area contributed by atoms with Crippen LogP contribution in [0.4, 0.5) is 5.82 Å². The normalized spacial score (nSPS) is 15.5. The van der Waals surface area contributed by atoms with Crippen LogP contribution in [0.25, 0.3) is 10.8 Å². The van der Waals surface area contributed by atoms with E-state index in [2.05, 4.69) is 15.6 Å². The Morgan fingerprint density at radius 1 is 1.35 bits per heavy atom. The zero-order chi connectivity index (χ0) is 16.1. The van der Waals surface area contributed by atoms with Crippen LogP contribution in [0.15, 0.2) is 30.5 Å². The monoisotopic (exact) mass is 314 g/mol. The Morgan fingerprint density at radius 3 is 3.00 bits per heavy atom. The largest absolute Gasteiger partial charge is 0.492 e. The fourth-order valence-electron chi connectivity index (χ4n) is 2.83. The third-order valence-electron chi connectivity index (χ3n) is 4.15. The van der Waals surface area contributed by atoms with E-state index in [0.29, 0.717) is 19.0 Å². The summed E-state index contributed by atoms with van der Waals surface area (Å²) in [6, 6.07) is 7.65. The summed E-state index contributed by atoms with van der Waals surface area (Å²) in [4.78, 5) is 16.1. The molecule has 0 bridgehead atoms. The molecule has 0 spiro atoms. The lowest BCUT2D eigenvalue weighted by Gasteiger charge is -2.21. The lowest BCUT2D eigenvalue weighted by atomic mass is 9.97. The second kappa shape index (κ2) is 7.28. The second-order valence-corrected chi connectivity index (χ2v) is 5.74. The first-order valence-electron chi connectivity index (χ1n) is 7.99. The Kier molecular flexibility index (Phi) is 4.92. The Morgan fingerprint density at radius 2 is 2.17 bits per heavy atom. The van der Waals surface area contributed by atoms with Gasteiger partial charge in [-0.3, -0.25) is 4.79 Å². The minimum absolute atomic E-state index is 0.127. The fraction of sp³-hybridized carbons (Fsp3) is 0.412. The number of aromatic nitrogens is 1. The molecular weight excluding hydrogens is 292 g/mol. The molecule has 1 aliphatic rings. The Labute approximate surface area is 135 Å². The molecule has 0 aliphatic carbocycles. The highest BCUT2D eigenvalue weighted by molar-refractivity contribution is 5.91. The Balaban J connectivity index is 1.49. The standard InChI is InChI=1S/C17H22N4O2/c18-16-15-11-14(2-1-12(15)5-8-20-16)23-10-9-21-17(22)13-3-6-19-7-4-13/h1-2,5,8,11,13,19H,3-4,6-7,9-10H2,(H2,18,20)(H,21,22). The number of fused-ring (bicyclic) bond motifs is 1. The predicted molar refractivity (Wildman–Crippen MR) is 90.3 cm³/mol. The third kappa shape index (κ3) is 3.90. The van der Waals surface area contributed by atoms with Crippen molar-refractivity contribution >= 4 is 22.5 Å². The van der Waals surface area contributed by atoms with Crippen molar-refractivity contribution in [2.24, 2.45) is 5.92 Å². The third-order valence-corrected chi connectivity index (χ3v) is 4.15. The number of piperidine rings is 1. The average molecular weight is 314 g/mol. The van der Waals surface area contributed by atoms with Gasteiger partial charge in [0.25, 0.3) is 0 Å². The van der Waals surface area contributed by atoms with Gasteiger partial charge in [0.05, 0.1) is 6.54 Å². The van der Waals surface area contributed by atoms with Crippen LogP contribution in [0.2, 0.25) is 0 Å². The lowest BCUT2D eigenvalue weighted by Crippen LogP contribution is -2.39. The molecule has 23 heavy (non-hydrogen) atoms. The van der Waals surface area contributed by atoms with Crippen molar-refractivity contribution in [1.29, 1.82) is 0 Å². The van der Waals surface area contributed by atoms with Crippen molar-refractivity contribution in [1.82, 2.24) is 15.6 Å². The van der Waals surface area contributed by atoms with E-state index in [-0.39, 0.29) is 11.8 Å². The number of nitrogens with one attached hydrogen (secondary N) is 2. The Bertz CT molecular complexity index is 683. The molecule has 0 atom stereocenters. The smallest absolute Gasteiger partial charge is 0.223 e. The summed E-state index contributed by atoms with van der Waals surface area (Å²) in [5, 5.41) is 8.11. The van der Waals surface area contributed by atoms with E-state index in [1.165, 1.54) is 0 Å². The highest BCUT2D eigenvalue weighted by Crippen LogP contribution is 2.23. The van der Waals surface area contributed by atoms with Gasteiger partial charge in [0.1, 0.15) is 18.2 Å². The molecule has 1 amide bonds. The first-order chi connectivity index (χ1) is 11.2. The summed E-state index contributed by atoms with van der Waals surface area (Å²) in [7, 11) is 0. The minimum atomic E-state index is 0.127. The molecule has 4 N–H and O–H groups in total. The van der Waals surface area contributed by atoms with E-state index >= 15 is 0 Å². The van der Waals surface area contributed by atoms with Crippen LogP contribution in [-0.2, 0) is 4.79 Å². The minimum Gasteiger partial charge on any atom is -0.492 e. The molecule has 6 heteroatoms. The number of amides is 1. The van der Waals surface area contributed by atoms with Crippen LogP contribution in [0.5, 0.6) is 5.75 Å².